The highest BCUT2D eigenvalue weighted by molar-refractivity contribution is 7.13. The van der Waals surface area contributed by atoms with E-state index in [0.29, 0.717) is 23.2 Å². The third kappa shape index (κ3) is 3.95. The summed E-state index contributed by atoms with van der Waals surface area (Å²) in [6, 6.07) is 7.54. The third-order valence-electron chi connectivity index (χ3n) is 2.90. The quantitative estimate of drug-likeness (QED) is 0.923. The minimum Gasteiger partial charge on any atom is -0.375 e. The molecule has 1 amide bonds. The van der Waals surface area contributed by atoms with Crippen molar-refractivity contribution in [3.05, 3.63) is 45.9 Å². The second-order valence-corrected chi connectivity index (χ2v) is 5.72. The molecule has 2 aromatic rings. The van der Waals surface area contributed by atoms with E-state index in [4.69, 9.17) is 17.3 Å². The Balaban J connectivity index is 2.02. The van der Waals surface area contributed by atoms with Gasteiger partial charge in [-0.1, -0.05) is 23.7 Å². The number of aromatic nitrogens is 1. The van der Waals surface area contributed by atoms with E-state index >= 15 is 0 Å². The van der Waals surface area contributed by atoms with Gasteiger partial charge in [0.1, 0.15) is 0 Å². The van der Waals surface area contributed by atoms with Crippen molar-refractivity contribution in [1.82, 2.24) is 9.88 Å². The third-order valence-corrected chi connectivity index (χ3v) is 3.86. The van der Waals surface area contributed by atoms with Crippen LogP contribution in [0, 0.1) is 0 Å². The fraction of sp³-hybridized carbons (Fsp3) is 0.286. The molecule has 0 saturated heterocycles. The number of anilines is 1. The molecule has 0 atom stereocenters. The summed E-state index contributed by atoms with van der Waals surface area (Å²) in [4.78, 5) is 18.2. The van der Waals surface area contributed by atoms with Crippen LogP contribution in [-0.4, -0.2) is 22.3 Å². The summed E-state index contributed by atoms with van der Waals surface area (Å²) in [6.45, 7) is 3.15. The van der Waals surface area contributed by atoms with Crippen LogP contribution < -0.4 is 5.73 Å². The van der Waals surface area contributed by atoms with Crippen molar-refractivity contribution in [3.63, 3.8) is 0 Å². The Labute approximate surface area is 127 Å². The van der Waals surface area contributed by atoms with Crippen molar-refractivity contribution < 1.29 is 4.79 Å². The highest BCUT2D eigenvalue weighted by Crippen LogP contribution is 2.15. The van der Waals surface area contributed by atoms with Crippen LogP contribution in [0.25, 0.3) is 0 Å². The zero-order valence-corrected chi connectivity index (χ0v) is 12.7. The van der Waals surface area contributed by atoms with E-state index < -0.39 is 0 Å². The van der Waals surface area contributed by atoms with Gasteiger partial charge in [-0.3, -0.25) is 4.79 Å². The van der Waals surface area contributed by atoms with Gasteiger partial charge in [-0.2, -0.15) is 0 Å². The zero-order chi connectivity index (χ0) is 14.5. The number of amides is 1. The summed E-state index contributed by atoms with van der Waals surface area (Å²) in [5, 5.41) is 2.99. The fourth-order valence-electron chi connectivity index (χ4n) is 1.90. The first-order chi connectivity index (χ1) is 9.58. The SMILES string of the molecule is CCN(Cc1cccc(Cl)c1)C(=O)Cc1csc(N)n1. The molecule has 6 heteroatoms. The first-order valence-electron chi connectivity index (χ1n) is 6.30. The van der Waals surface area contributed by atoms with Gasteiger partial charge in [-0.15, -0.1) is 11.3 Å². The lowest BCUT2D eigenvalue weighted by molar-refractivity contribution is -0.130. The molecule has 4 nitrogen and oxygen atoms in total. The fourth-order valence-corrected chi connectivity index (χ4v) is 2.68. The molecule has 20 heavy (non-hydrogen) atoms. The number of halogens is 1. The molecule has 0 saturated carbocycles. The monoisotopic (exact) mass is 309 g/mol. The summed E-state index contributed by atoms with van der Waals surface area (Å²) in [5.41, 5.74) is 7.31. The van der Waals surface area contributed by atoms with Crippen molar-refractivity contribution in [2.45, 2.75) is 19.9 Å². The number of rotatable bonds is 5. The zero-order valence-electron chi connectivity index (χ0n) is 11.2. The summed E-state index contributed by atoms with van der Waals surface area (Å²) < 4.78 is 0. The van der Waals surface area contributed by atoms with Gasteiger partial charge in [-0.25, -0.2) is 4.98 Å². The van der Waals surface area contributed by atoms with Gasteiger partial charge in [0.25, 0.3) is 0 Å². The van der Waals surface area contributed by atoms with Gasteiger partial charge < -0.3 is 10.6 Å². The number of nitrogens with zero attached hydrogens (tertiary/aromatic N) is 2. The van der Waals surface area contributed by atoms with Crippen molar-refractivity contribution in [3.8, 4) is 0 Å². The number of carbonyl (C=O) groups is 1. The number of thiazole rings is 1. The smallest absolute Gasteiger partial charge is 0.228 e. The lowest BCUT2D eigenvalue weighted by Crippen LogP contribution is -2.31. The van der Waals surface area contributed by atoms with Gasteiger partial charge in [0.15, 0.2) is 5.13 Å². The number of benzene rings is 1. The molecule has 106 valence electrons. The molecule has 1 heterocycles. The first kappa shape index (κ1) is 14.8. The normalized spacial score (nSPS) is 10.5. The van der Waals surface area contributed by atoms with E-state index in [-0.39, 0.29) is 12.3 Å². The molecule has 2 N–H and O–H groups in total. The van der Waals surface area contributed by atoms with Crippen molar-refractivity contribution in [2.24, 2.45) is 0 Å². The van der Waals surface area contributed by atoms with E-state index in [9.17, 15) is 4.79 Å². The molecule has 2 rings (SSSR count). The summed E-state index contributed by atoms with van der Waals surface area (Å²) in [7, 11) is 0. The molecule has 0 unspecified atom stereocenters. The standard InChI is InChI=1S/C14H16ClN3OS/c1-2-18(8-10-4-3-5-11(15)6-10)13(19)7-12-9-20-14(16)17-12/h3-6,9H,2,7-8H2,1H3,(H2,16,17). The maximum Gasteiger partial charge on any atom is 0.228 e. The average Bonchev–Trinajstić information content (AvgIpc) is 2.81. The molecule has 0 aliphatic heterocycles. The van der Waals surface area contributed by atoms with E-state index in [1.54, 1.807) is 4.90 Å². The molecule has 1 aromatic carbocycles. The molecule has 0 radical (unpaired) electrons. The Bertz CT molecular complexity index is 600. The Morgan fingerprint density at radius 2 is 2.30 bits per heavy atom. The lowest BCUT2D eigenvalue weighted by atomic mass is 10.2. The summed E-state index contributed by atoms with van der Waals surface area (Å²) in [6.07, 6.45) is 0.280. The molecule has 0 spiro atoms. The minimum atomic E-state index is 0.0396. The lowest BCUT2D eigenvalue weighted by Gasteiger charge is -2.20. The Kier molecular flexibility index (Phi) is 4.98. The van der Waals surface area contributed by atoms with Crippen LogP contribution in [0.3, 0.4) is 0 Å². The summed E-state index contributed by atoms with van der Waals surface area (Å²) in [5.74, 6) is 0.0396. The van der Waals surface area contributed by atoms with Gasteiger partial charge in [-0.05, 0) is 24.6 Å². The first-order valence-corrected chi connectivity index (χ1v) is 7.56. The largest absolute Gasteiger partial charge is 0.375 e. The van der Waals surface area contributed by atoms with Crippen LogP contribution in [0.15, 0.2) is 29.6 Å². The van der Waals surface area contributed by atoms with E-state index in [2.05, 4.69) is 4.98 Å². The van der Waals surface area contributed by atoms with Gasteiger partial charge >= 0.3 is 0 Å². The van der Waals surface area contributed by atoms with Crippen molar-refractivity contribution in [1.29, 1.82) is 0 Å². The van der Waals surface area contributed by atoms with Crippen LogP contribution in [0.5, 0.6) is 0 Å². The maximum atomic E-state index is 12.3. The number of carbonyl (C=O) groups excluding carboxylic acids is 1. The maximum absolute atomic E-state index is 12.3. The number of likely N-dealkylation sites (N-methyl/N-ethyl adjacent to an activating group) is 1. The van der Waals surface area contributed by atoms with Crippen LogP contribution in [0.4, 0.5) is 5.13 Å². The number of nitrogen functional groups attached to an aromatic ring is 1. The number of hydrogen-bond donors (Lipinski definition) is 1. The van der Waals surface area contributed by atoms with Crippen LogP contribution >= 0.6 is 22.9 Å². The molecular weight excluding hydrogens is 294 g/mol. The molecule has 0 bridgehead atoms. The molecule has 0 aliphatic rings. The van der Waals surface area contributed by atoms with E-state index in [1.807, 2.05) is 36.6 Å². The number of hydrogen-bond acceptors (Lipinski definition) is 4. The predicted octanol–water partition coefficient (Wildman–Crippen LogP) is 2.97. The van der Waals surface area contributed by atoms with Gasteiger partial charge in [0.2, 0.25) is 5.91 Å². The topological polar surface area (TPSA) is 59.2 Å². The van der Waals surface area contributed by atoms with Crippen LogP contribution in [0.1, 0.15) is 18.2 Å². The van der Waals surface area contributed by atoms with Gasteiger partial charge in [0, 0.05) is 23.5 Å². The Morgan fingerprint density at radius 3 is 2.90 bits per heavy atom. The second-order valence-electron chi connectivity index (χ2n) is 4.39. The predicted molar refractivity (Wildman–Crippen MR) is 82.8 cm³/mol. The van der Waals surface area contributed by atoms with Crippen LogP contribution in [0.2, 0.25) is 5.02 Å². The highest BCUT2D eigenvalue weighted by Gasteiger charge is 2.14. The van der Waals surface area contributed by atoms with Crippen molar-refractivity contribution in [2.75, 3.05) is 12.3 Å². The molecular formula is C14H16ClN3OS. The van der Waals surface area contributed by atoms with E-state index in [0.717, 1.165) is 11.3 Å². The second kappa shape index (κ2) is 6.72. The Morgan fingerprint density at radius 1 is 1.50 bits per heavy atom. The van der Waals surface area contributed by atoms with Crippen molar-refractivity contribution >= 4 is 34.0 Å². The average molecular weight is 310 g/mol. The highest BCUT2D eigenvalue weighted by atomic mass is 35.5. The molecule has 1 aromatic heterocycles. The minimum absolute atomic E-state index is 0.0396. The van der Waals surface area contributed by atoms with Crippen LogP contribution in [-0.2, 0) is 17.8 Å². The van der Waals surface area contributed by atoms with Gasteiger partial charge in [0.05, 0.1) is 12.1 Å². The number of nitrogens with two attached hydrogens (primary N) is 1. The summed E-state index contributed by atoms with van der Waals surface area (Å²) >= 11 is 7.31. The molecule has 0 aliphatic carbocycles. The molecule has 0 fully saturated rings. The van der Waals surface area contributed by atoms with E-state index in [1.165, 1.54) is 11.3 Å². The Hall–Kier alpha value is -1.59.